The number of halogens is 2. The van der Waals surface area contributed by atoms with Crippen LogP contribution in [0.2, 0.25) is 5.02 Å². The van der Waals surface area contributed by atoms with Crippen molar-refractivity contribution in [2.24, 2.45) is 0 Å². The topological polar surface area (TPSA) is 156 Å². The van der Waals surface area contributed by atoms with Gasteiger partial charge in [0.15, 0.2) is 5.78 Å². The first kappa shape index (κ1) is 34.6. The van der Waals surface area contributed by atoms with Gasteiger partial charge in [0, 0.05) is 30.1 Å². The highest BCUT2D eigenvalue weighted by atomic mass is 35.5. The highest BCUT2D eigenvalue weighted by molar-refractivity contribution is 6.32. The summed E-state index contributed by atoms with van der Waals surface area (Å²) in [5.74, 6) is -3.73. The Kier molecular flexibility index (Phi) is 9.91. The second kappa shape index (κ2) is 13.8. The van der Waals surface area contributed by atoms with Crippen molar-refractivity contribution in [3.05, 3.63) is 116 Å². The van der Waals surface area contributed by atoms with Crippen molar-refractivity contribution in [2.75, 3.05) is 19.6 Å². The maximum Gasteiger partial charge on any atom is 0.202 e. The molecule has 0 aromatic heterocycles. The molecule has 6 rings (SSSR count). The zero-order valence-corrected chi connectivity index (χ0v) is 27.1. The number of phenols is 4. The van der Waals surface area contributed by atoms with Crippen molar-refractivity contribution in [1.82, 2.24) is 4.90 Å². The molecule has 4 aromatic carbocycles. The normalized spacial score (nSPS) is 15.3. The number of nitrogens with zero attached hydrogens (tertiary/aromatic N) is 1. The molecule has 11 heteroatoms. The van der Waals surface area contributed by atoms with Crippen LogP contribution in [0.5, 0.6) is 23.0 Å². The van der Waals surface area contributed by atoms with E-state index >= 15 is 0 Å². The number of likely N-dealkylation sites (tertiary alicyclic amines) is 1. The molecule has 250 valence electrons. The lowest BCUT2D eigenvalue weighted by atomic mass is 9.80. The largest absolute Gasteiger partial charge is 0.507 e. The third-order valence-electron chi connectivity index (χ3n) is 8.96. The monoisotopic (exact) mass is 675 g/mol. The molecule has 2 aliphatic rings. The van der Waals surface area contributed by atoms with Crippen molar-refractivity contribution >= 4 is 29.0 Å². The Morgan fingerprint density at radius 2 is 1.27 bits per heavy atom. The summed E-state index contributed by atoms with van der Waals surface area (Å²) >= 11 is 5.92. The number of piperidine rings is 1. The summed E-state index contributed by atoms with van der Waals surface area (Å²) in [7, 11) is 0. The Balaban J connectivity index is 0.000000190. The van der Waals surface area contributed by atoms with Crippen LogP contribution in [0.25, 0.3) is 0 Å². The number of aryl methyl sites for hydroxylation is 2. The molecule has 1 aliphatic heterocycles. The van der Waals surface area contributed by atoms with Crippen molar-refractivity contribution in [3.8, 4) is 23.0 Å². The molecule has 48 heavy (non-hydrogen) atoms. The summed E-state index contributed by atoms with van der Waals surface area (Å²) in [5.41, 5.74) is -0.377. The molecular weight excluding hydrogens is 641 g/mol. The molecule has 0 spiro atoms. The Bertz CT molecular complexity index is 1830. The van der Waals surface area contributed by atoms with Gasteiger partial charge in [0.25, 0.3) is 0 Å². The molecule has 0 bridgehead atoms. The highest BCUT2D eigenvalue weighted by Gasteiger charge is 2.39. The fraction of sp³-hybridized carbons (Fsp3) is 0.270. The van der Waals surface area contributed by atoms with E-state index in [9.17, 15) is 44.3 Å². The molecular formula is C37H35ClFNO8. The second-order valence-electron chi connectivity index (χ2n) is 12.2. The van der Waals surface area contributed by atoms with Crippen LogP contribution in [0, 0.1) is 19.7 Å². The van der Waals surface area contributed by atoms with Gasteiger partial charge in [-0.2, -0.15) is 0 Å². The van der Waals surface area contributed by atoms with Crippen LogP contribution in [-0.2, 0) is 5.60 Å². The minimum Gasteiger partial charge on any atom is -0.507 e. The van der Waals surface area contributed by atoms with Crippen LogP contribution in [-0.4, -0.2) is 67.4 Å². The van der Waals surface area contributed by atoms with E-state index in [-0.39, 0.29) is 45.0 Å². The first-order valence-corrected chi connectivity index (χ1v) is 15.8. The number of rotatable bonds is 6. The average Bonchev–Trinajstić information content (AvgIpc) is 3.05. The first-order chi connectivity index (χ1) is 22.7. The van der Waals surface area contributed by atoms with Gasteiger partial charge in [-0.05, 0) is 105 Å². The van der Waals surface area contributed by atoms with Gasteiger partial charge in [-0.25, -0.2) is 4.39 Å². The van der Waals surface area contributed by atoms with Crippen LogP contribution in [0.1, 0.15) is 84.6 Å². The van der Waals surface area contributed by atoms with Crippen LogP contribution in [0.4, 0.5) is 4.39 Å². The summed E-state index contributed by atoms with van der Waals surface area (Å²) < 4.78 is 12.9. The number of benzene rings is 4. The summed E-state index contributed by atoms with van der Waals surface area (Å²) in [6, 6.07) is 15.4. The standard InChI is InChI=1S/C21H23ClFNO2.C16H12O6/c22-18-7-5-17(6-8-18)21(26)11-14-24(15-12-21)13-1-2-20(25)16-3-9-19(23)10-4-16;1-5-3-7(17)9-11(13(5)19)15(21)10-8(18)4-6(2)14(20)12(10)16(9)22/h3-10,26H,1-2,11-15H2;3-4,17-20H,1-2H3. The predicted molar refractivity (Wildman–Crippen MR) is 177 cm³/mol. The summed E-state index contributed by atoms with van der Waals surface area (Å²) in [5, 5.41) is 51.6. The first-order valence-electron chi connectivity index (χ1n) is 15.4. The van der Waals surface area contributed by atoms with Crippen molar-refractivity contribution in [2.45, 2.75) is 45.1 Å². The number of hydrogen-bond acceptors (Lipinski definition) is 9. The van der Waals surface area contributed by atoms with Crippen molar-refractivity contribution in [1.29, 1.82) is 0 Å². The van der Waals surface area contributed by atoms with Gasteiger partial charge in [0.2, 0.25) is 11.6 Å². The lowest BCUT2D eigenvalue weighted by Crippen LogP contribution is -2.42. The molecule has 9 nitrogen and oxygen atoms in total. The second-order valence-corrected chi connectivity index (χ2v) is 12.6. The minimum atomic E-state index is -0.825. The van der Waals surface area contributed by atoms with E-state index in [4.69, 9.17) is 11.6 Å². The van der Waals surface area contributed by atoms with Gasteiger partial charge in [0.1, 0.15) is 28.8 Å². The quantitative estimate of drug-likeness (QED) is 0.103. The third-order valence-corrected chi connectivity index (χ3v) is 9.21. The SMILES string of the molecule is Cc1cc(O)c2c(c1O)C(=O)c1c(O)cc(C)c(O)c1C2=O.O=C(CCCN1CCC(O)(c2ccc(Cl)cc2)CC1)c1ccc(F)cc1. The molecule has 0 amide bonds. The number of hydrogen-bond donors (Lipinski definition) is 5. The van der Waals surface area contributed by atoms with Crippen LogP contribution >= 0.6 is 11.6 Å². The van der Waals surface area contributed by atoms with Crippen LogP contribution in [0.3, 0.4) is 0 Å². The predicted octanol–water partition coefficient (Wildman–Crippen LogP) is 6.33. The van der Waals surface area contributed by atoms with Crippen molar-refractivity contribution < 1.29 is 44.3 Å². The minimum absolute atomic E-state index is 0.0414. The smallest absolute Gasteiger partial charge is 0.202 e. The number of fused-ring (bicyclic) bond motifs is 2. The molecule has 4 aromatic rings. The number of carbonyl (C=O) groups excluding carboxylic acids is 3. The molecule has 0 atom stereocenters. The van der Waals surface area contributed by atoms with E-state index in [0.717, 1.165) is 43.8 Å². The zero-order valence-electron chi connectivity index (χ0n) is 26.4. The molecule has 1 aliphatic carbocycles. The molecule has 0 radical (unpaired) electrons. The Morgan fingerprint density at radius 3 is 1.75 bits per heavy atom. The van der Waals surface area contributed by atoms with Gasteiger partial charge in [-0.1, -0.05) is 23.7 Å². The number of ketones is 3. The molecule has 1 saturated heterocycles. The summed E-state index contributed by atoms with van der Waals surface area (Å²) in [6.07, 6.45) is 2.54. The number of aromatic hydroxyl groups is 4. The van der Waals surface area contributed by atoms with E-state index in [1.165, 1.54) is 38.1 Å². The van der Waals surface area contributed by atoms with Gasteiger partial charge in [0.05, 0.1) is 27.9 Å². The summed E-state index contributed by atoms with van der Waals surface area (Å²) in [6.45, 7) is 5.35. The average molecular weight is 676 g/mol. The van der Waals surface area contributed by atoms with Gasteiger partial charge >= 0.3 is 0 Å². The van der Waals surface area contributed by atoms with E-state index in [2.05, 4.69) is 4.90 Å². The number of phenolic OH excluding ortho intramolecular Hbond substituents is 4. The van der Waals surface area contributed by atoms with Gasteiger partial charge in [-0.15, -0.1) is 0 Å². The molecule has 1 fully saturated rings. The number of carbonyl (C=O) groups is 3. The van der Waals surface area contributed by atoms with Crippen LogP contribution in [0.15, 0.2) is 60.7 Å². The Labute approximate surface area is 281 Å². The van der Waals surface area contributed by atoms with E-state index in [0.29, 0.717) is 29.8 Å². The van der Waals surface area contributed by atoms with Gasteiger partial charge < -0.3 is 30.4 Å². The number of aliphatic hydroxyl groups is 1. The van der Waals surface area contributed by atoms with E-state index in [1.807, 2.05) is 24.3 Å². The highest BCUT2D eigenvalue weighted by Crippen LogP contribution is 2.45. The maximum absolute atomic E-state index is 12.9. The van der Waals surface area contributed by atoms with Crippen molar-refractivity contribution in [3.63, 3.8) is 0 Å². The summed E-state index contributed by atoms with van der Waals surface area (Å²) in [4.78, 5) is 39.5. The lowest BCUT2D eigenvalue weighted by molar-refractivity contribution is -0.0260. The van der Waals surface area contributed by atoms with Gasteiger partial charge in [-0.3, -0.25) is 14.4 Å². The number of Topliss-reactive ketones (excluding diaryl/α,β-unsaturated/α-hetero) is 1. The third kappa shape index (κ3) is 6.78. The molecule has 0 unspecified atom stereocenters. The molecule has 5 N–H and O–H groups in total. The van der Waals surface area contributed by atoms with E-state index < -0.39 is 40.2 Å². The Morgan fingerprint density at radius 1 is 0.792 bits per heavy atom. The molecule has 1 heterocycles. The van der Waals surface area contributed by atoms with Crippen LogP contribution < -0.4 is 0 Å². The Hall–Kier alpha value is -4.77. The maximum atomic E-state index is 12.9. The fourth-order valence-electron chi connectivity index (χ4n) is 6.17. The lowest BCUT2D eigenvalue weighted by Gasteiger charge is -2.38. The molecule has 0 saturated carbocycles. The fourth-order valence-corrected chi connectivity index (χ4v) is 6.30. The van der Waals surface area contributed by atoms with E-state index in [1.54, 1.807) is 0 Å². The zero-order chi connectivity index (χ0) is 34.9.